The Balaban J connectivity index is 1.41. The van der Waals surface area contributed by atoms with Gasteiger partial charge in [-0.25, -0.2) is 0 Å². The minimum Gasteiger partial charge on any atom is -0.378 e. The van der Waals surface area contributed by atoms with Crippen molar-refractivity contribution in [2.24, 2.45) is 0 Å². The lowest BCUT2D eigenvalue weighted by Gasteiger charge is -2.34. The zero-order valence-corrected chi connectivity index (χ0v) is 27.8. The molecule has 252 valence electrons. The summed E-state index contributed by atoms with van der Waals surface area (Å²) >= 11 is 0. The Morgan fingerprint density at radius 3 is 1.92 bits per heavy atom. The lowest BCUT2D eigenvalue weighted by molar-refractivity contribution is -0.384. The summed E-state index contributed by atoms with van der Waals surface area (Å²) in [7, 11) is 0. The lowest BCUT2D eigenvalue weighted by atomic mass is 9.67. The van der Waals surface area contributed by atoms with E-state index in [1.807, 2.05) is 97.1 Å². The number of ketones is 1. The van der Waals surface area contributed by atoms with E-state index in [2.05, 4.69) is 34.4 Å². The number of benzene rings is 5. The van der Waals surface area contributed by atoms with Crippen LogP contribution in [0, 0.1) is 10.1 Å². The Kier molecular flexibility index (Phi) is 8.55. The Morgan fingerprint density at radius 2 is 1.31 bits per heavy atom. The van der Waals surface area contributed by atoms with Gasteiger partial charge in [-0.05, 0) is 45.5 Å². The highest BCUT2D eigenvalue weighted by molar-refractivity contribution is 6.24. The Hall–Kier alpha value is -6.19. The van der Waals surface area contributed by atoms with E-state index in [0.717, 1.165) is 39.2 Å². The molecule has 5 aromatic carbocycles. The zero-order chi connectivity index (χ0) is 34.8. The van der Waals surface area contributed by atoms with E-state index in [9.17, 15) is 10.1 Å². The molecule has 8 rings (SSSR count). The van der Waals surface area contributed by atoms with Gasteiger partial charge in [0.05, 0.1) is 35.2 Å². The molecule has 2 atom stereocenters. The van der Waals surface area contributed by atoms with Crippen LogP contribution in [0.2, 0.25) is 0 Å². The van der Waals surface area contributed by atoms with Gasteiger partial charge in [-0.2, -0.15) is 4.68 Å². The Bertz CT molecular complexity index is 2200. The number of nitro benzene ring substituents is 1. The highest BCUT2D eigenvalue weighted by atomic mass is 16.6. The molecule has 2 aliphatic rings. The quantitative estimate of drug-likeness (QED) is 0.116. The first-order valence-corrected chi connectivity index (χ1v) is 17.1. The van der Waals surface area contributed by atoms with E-state index < -0.39 is 16.3 Å². The van der Waals surface area contributed by atoms with E-state index in [4.69, 9.17) is 9.84 Å². The fourth-order valence-electron chi connectivity index (χ4n) is 7.72. The third kappa shape index (κ3) is 5.71. The van der Waals surface area contributed by atoms with E-state index in [1.54, 1.807) is 16.8 Å². The van der Waals surface area contributed by atoms with Crippen LogP contribution >= 0.6 is 0 Å². The van der Waals surface area contributed by atoms with Crippen LogP contribution in [0.4, 0.5) is 11.5 Å². The van der Waals surface area contributed by atoms with Crippen LogP contribution in [-0.2, 0) is 21.4 Å². The Labute approximate surface area is 295 Å². The minimum atomic E-state index is -1.16. The Morgan fingerprint density at radius 1 is 0.745 bits per heavy atom. The molecule has 0 N–H and O–H groups in total. The number of morpholine rings is 1. The molecule has 0 bridgehead atoms. The van der Waals surface area contributed by atoms with Crippen molar-refractivity contribution in [3.63, 3.8) is 0 Å². The van der Waals surface area contributed by atoms with E-state index in [0.29, 0.717) is 37.7 Å². The van der Waals surface area contributed by atoms with Crippen LogP contribution in [0.5, 0.6) is 0 Å². The monoisotopic (exact) mass is 673 g/mol. The molecule has 9 nitrogen and oxygen atoms in total. The number of allylic oxidation sites excluding steroid dienone is 2. The van der Waals surface area contributed by atoms with Crippen LogP contribution in [-0.4, -0.2) is 52.0 Å². The summed E-state index contributed by atoms with van der Waals surface area (Å²) in [5, 5.41) is 21.0. The number of hydrogen-bond acceptors (Lipinski definition) is 7. The first-order valence-electron chi connectivity index (χ1n) is 17.1. The van der Waals surface area contributed by atoms with Gasteiger partial charge in [0, 0.05) is 31.6 Å². The van der Waals surface area contributed by atoms with Crippen molar-refractivity contribution in [2.45, 2.75) is 17.8 Å². The smallest absolute Gasteiger partial charge is 0.269 e. The topological polar surface area (TPSA) is 103 Å². The van der Waals surface area contributed by atoms with Crippen LogP contribution in [0.1, 0.15) is 33.9 Å². The molecule has 0 spiro atoms. The molecule has 1 aromatic heterocycles. The van der Waals surface area contributed by atoms with Crippen molar-refractivity contribution in [2.75, 3.05) is 31.2 Å². The molecule has 6 aromatic rings. The zero-order valence-electron chi connectivity index (χ0n) is 27.8. The highest BCUT2D eigenvalue weighted by Gasteiger charge is 2.56. The fraction of sp³-hybridized carbons (Fsp3) is 0.167. The summed E-state index contributed by atoms with van der Waals surface area (Å²) in [4.78, 5) is 29.1. The van der Waals surface area contributed by atoms with E-state index in [1.165, 1.54) is 12.1 Å². The molecule has 0 radical (unpaired) electrons. The van der Waals surface area contributed by atoms with Crippen molar-refractivity contribution >= 4 is 28.4 Å². The summed E-state index contributed by atoms with van der Waals surface area (Å²) in [6, 6.07) is 46.8. The van der Waals surface area contributed by atoms with Gasteiger partial charge in [-0.1, -0.05) is 127 Å². The summed E-state index contributed by atoms with van der Waals surface area (Å²) in [6.07, 6.45) is 0.236. The number of hydrogen-bond donors (Lipinski definition) is 0. The van der Waals surface area contributed by atoms with Gasteiger partial charge in [0.25, 0.3) is 5.69 Å². The van der Waals surface area contributed by atoms with Gasteiger partial charge in [-0.3, -0.25) is 14.9 Å². The molecular weight excluding hydrogens is 638 g/mol. The van der Waals surface area contributed by atoms with Gasteiger partial charge in [0.2, 0.25) is 0 Å². The number of non-ortho nitro benzene ring substituents is 1. The second-order valence-electron chi connectivity index (χ2n) is 12.8. The molecule has 9 heteroatoms. The number of aromatic nitrogens is 3. The third-order valence-electron chi connectivity index (χ3n) is 9.98. The molecule has 1 aliphatic carbocycles. The second kappa shape index (κ2) is 13.6. The van der Waals surface area contributed by atoms with Crippen molar-refractivity contribution in [1.82, 2.24) is 15.0 Å². The molecule has 0 saturated carbocycles. The number of nitrogens with zero attached hydrogens (tertiary/aromatic N) is 5. The van der Waals surface area contributed by atoms with Crippen molar-refractivity contribution < 1.29 is 14.5 Å². The molecular formula is C42H35N5O4. The summed E-state index contributed by atoms with van der Waals surface area (Å²) in [5.41, 5.74) is 5.78. The predicted molar refractivity (Wildman–Crippen MR) is 197 cm³/mol. The standard InChI is InChI=1S/C42H35N5O4/c48-40-38(31-15-7-2-8-16-31)37(30-13-5-1-6-14-30)39(32-17-9-3-10-18-32)42(40,33-19-11-4-12-20-33)29-36-41(45-25-27-51-28-26-45)46(44-43-36)34-21-23-35(24-22-34)47(49)50/h1-24,38H,25-29H2/t38-,42+/m1/s1. The molecule has 51 heavy (non-hydrogen) atoms. The number of rotatable bonds is 9. The molecule has 0 amide bonds. The van der Waals surface area contributed by atoms with Crippen LogP contribution < -0.4 is 4.90 Å². The fourth-order valence-corrected chi connectivity index (χ4v) is 7.72. The number of ether oxygens (including phenoxy) is 1. The predicted octanol–water partition coefficient (Wildman–Crippen LogP) is 7.47. The van der Waals surface area contributed by atoms with E-state index in [-0.39, 0.29) is 17.9 Å². The molecule has 1 fully saturated rings. The average Bonchev–Trinajstić information content (AvgIpc) is 3.73. The largest absolute Gasteiger partial charge is 0.378 e. The van der Waals surface area contributed by atoms with Gasteiger partial charge in [0.1, 0.15) is 5.69 Å². The summed E-state index contributed by atoms with van der Waals surface area (Å²) in [6.45, 7) is 2.25. The first kappa shape index (κ1) is 32.0. The van der Waals surface area contributed by atoms with Gasteiger partial charge >= 0.3 is 0 Å². The molecule has 2 heterocycles. The van der Waals surface area contributed by atoms with Crippen molar-refractivity contribution in [1.29, 1.82) is 0 Å². The molecule has 0 unspecified atom stereocenters. The number of anilines is 1. The lowest BCUT2D eigenvalue weighted by Crippen LogP contribution is -2.41. The third-order valence-corrected chi connectivity index (χ3v) is 9.98. The maximum absolute atomic E-state index is 15.9. The second-order valence-corrected chi connectivity index (χ2v) is 12.8. The first-order chi connectivity index (χ1) is 25.1. The van der Waals surface area contributed by atoms with Crippen LogP contribution in [0.3, 0.4) is 0 Å². The van der Waals surface area contributed by atoms with Gasteiger partial charge < -0.3 is 9.64 Å². The van der Waals surface area contributed by atoms with E-state index >= 15 is 4.79 Å². The maximum atomic E-state index is 15.9. The molecule has 1 saturated heterocycles. The van der Waals surface area contributed by atoms with Gasteiger partial charge in [0.15, 0.2) is 11.6 Å². The SMILES string of the molecule is O=C1[C@H](c2ccccc2)C(c2ccccc2)=C(c2ccccc2)[C@]1(Cc1nnn(-c2ccc([N+](=O)[O-])cc2)c1N1CCOCC1)c1ccccc1. The van der Waals surface area contributed by atoms with Crippen LogP contribution in [0.25, 0.3) is 16.8 Å². The molecule has 1 aliphatic heterocycles. The average molecular weight is 674 g/mol. The number of carbonyl (C=O) groups excluding carboxylic acids is 1. The van der Waals surface area contributed by atoms with Crippen LogP contribution in [0.15, 0.2) is 146 Å². The number of carbonyl (C=O) groups is 1. The van der Waals surface area contributed by atoms with Crippen molar-refractivity contribution in [3.8, 4) is 5.69 Å². The number of Topliss-reactive ketones (excluding diaryl/α,β-unsaturated/α-hetero) is 1. The number of nitro groups is 1. The normalized spacial score (nSPS) is 19.0. The van der Waals surface area contributed by atoms with Gasteiger partial charge in [-0.15, -0.1) is 5.10 Å². The minimum absolute atomic E-state index is 0.00960. The van der Waals surface area contributed by atoms with Crippen molar-refractivity contribution in [3.05, 3.63) is 184 Å². The summed E-state index contributed by atoms with van der Waals surface area (Å²) < 4.78 is 7.47. The highest BCUT2D eigenvalue weighted by Crippen LogP contribution is 2.58. The summed E-state index contributed by atoms with van der Waals surface area (Å²) in [5.74, 6) is 0.253. The maximum Gasteiger partial charge on any atom is 0.269 e.